The van der Waals surface area contributed by atoms with Crippen LogP contribution >= 0.6 is 0 Å². The summed E-state index contributed by atoms with van der Waals surface area (Å²) in [5.74, 6) is 0. The number of aryl methyl sites for hydroxylation is 2. The minimum atomic E-state index is 1.09. The first-order chi connectivity index (χ1) is 9.24. The van der Waals surface area contributed by atoms with Crippen molar-refractivity contribution in [2.24, 2.45) is 0 Å². The van der Waals surface area contributed by atoms with Gasteiger partial charge in [-0.25, -0.2) is 0 Å². The second-order valence-electron chi connectivity index (χ2n) is 5.27. The molecule has 1 heterocycles. The highest BCUT2D eigenvalue weighted by Gasteiger charge is 2.11. The zero-order valence-corrected chi connectivity index (χ0v) is 11.6. The fourth-order valence-corrected chi connectivity index (χ4v) is 2.57. The first-order valence-corrected chi connectivity index (χ1v) is 6.91. The van der Waals surface area contributed by atoms with Crippen molar-refractivity contribution in [3.05, 3.63) is 53.6 Å². The Balaban J connectivity index is 1.91. The van der Waals surface area contributed by atoms with E-state index in [0.29, 0.717) is 0 Å². The Hall–Kier alpha value is -1.96. The van der Waals surface area contributed by atoms with E-state index < -0.39 is 0 Å². The van der Waals surface area contributed by atoms with Crippen molar-refractivity contribution in [2.75, 3.05) is 23.8 Å². The average molecular weight is 252 g/mol. The molecule has 1 aliphatic rings. The Kier molecular flexibility index (Phi) is 3.16. The van der Waals surface area contributed by atoms with E-state index in [0.717, 1.165) is 6.54 Å². The van der Waals surface area contributed by atoms with Gasteiger partial charge in [-0.05, 0) is 49.6 Å². The van der Waals surface area contributed by atoms with Crippen LogP contribution in [0.15, 0.2) is 42.5 Å². The van der Waals surface area contributed by atoms with E-state index in [-0.39, 0.29) is 0 Å². The summed E-state index contributed by atoms with van der Waals surface area (Å²) in [6.07, 6.45) is 2.43. The van der Waals surface area contributed by atoms with Crippen molar-refractivity contribution in [2.45, 2.75) is 19.8 Å². The van der Waals surface area contributed by atoms with Crippen molar-refractivity contribution >= 4 is 17.1 Å². The number of hydrogen-bond donors (Lipinski definition) is 1. The lowest BCUT2D eigenvalue weighted by molar-refractivity contribution is 0.830. The molecule has 0 aromatic heterocycles. The van der Waals surface area contributed by atoms with Gasteiger partial charge in [0.25, 0.3) is 0 Å². The zero-order valence-electron chi connectivity index (χ0n) is 11.6. The minimum Gasteiger partial charge on any atom is -0.385 e. The molecule has 0 amide bonds. The molecule has 0 fully saturated rings. The molecule has 2 aromatic rings. The van der Waals surface area contributed by atoms with Gasteiger partial charge in [0, 0.05) is 30.7 Å². The van der Waals surface area contributed by atoms with Gasteiger partial charge in [-0.2, -0.15) is 0 Å². The lowest BCUT2D eigenvalue weighted by atomic mass is 10.0. The number of benzene rings is 2. The number of nitrogens with zero attached hydrogens (tertiary/aromatic N) is 1. The van der Waals surface area contributed by atoms with Gasteiger partial charge in [0.05, 0.1) is 0 Å². The molecule has 0 saturated heterocycles. The number of hydrogen-bond acceptors (Lipinski definition) is 2. The van der Waals surface area contributed by atoms with Crippen LogP contribution in [0, 0.1) is 6.92 Å². The Morgan fingerprint density at radius 1 is 1.00 bits per heavy atom. The van der Waals surface area contributed by atoms with Gasteiger partial charge in [0.2, 0.25) is 0 Å². The molecule has 3 rings (SSSR count). The predicted octanol–water partition coefficient (Wildman–Crippen LogP) is 4.12. The quantitative estimate of drug-likeness (QED) is 0.865. The van der Waals surface area contributed by atoms with Gasteiger partial charge in [-0.15, -0.1) is 0 Å². The van der Waals surface area contributed by atoms with Crippen LogP contribution in [-0.2, 0) is 6.42 Å². The summed E-state index contributed by atoms with van der Waals surface area (Å²) in [6, 6.07) is 15.4. The van der Waals surface area contributed by atoms with Crippen LogP contribution in [-0.4, -0.2) is 13.6 Å². The normalized spacial score (nSPS) is 13.6. The molecule has 0 aliphatic carbocycles. The summed E-state index contributed by atoms with van der Waals surface area (Å²) in [4.78, 5) is 2.23. The van der Waals surface area contributed by atoms with E-state index >= 15 is 0 Å². The molecule has 98 valence electrons. The Labute approximate surface area is 115 Å². The van der Waals surface area contributed by atoms with Crippen molar-refractivity contribution in [3.63, 3.8) is 0 Å². The zero-order chi connectivity index (χ0) is 13.2. The van der Waals surface area contributed by atoms with E-state index in [1.807, 2.05) is 0 Å². The van der Waals surface area contributed by atoms with Gasteiger partial charge in [-0.3, -0.25) is 0 Å². The number of nitrogens with one attached hydrogen (secondary N) is 1. The Morgan fingerprint density at radius 3 is 2.53 bits per heavy atom. The summed E-state index contributed by atoms with van der Waals surface area (Å²) in [6.45, 7) is 3.21. The maximum atomic E-state index is 3.49. The van der Waals surface area contributed by atoms with E-state index in [4.69, 9.17) is 0 Å². The molecule has 0 radical (unpaired) electrons. The van der Waals surface area contributed by atoms with E-state index in [1.54, 1.807) is 0 Å². The molecule has 0 atom stereocenters. The van der Waals surface area contributed by atoms with Crippen LogP contribution in [0.25, 0.3) is 0 Å². The lowest BCUT2D eigenvalue weighted by Gasteiger charge is -2.24. The first-order valence-electron chi connectivity index (χ1n) is 6.91. The highest BCUT2D eigenvalue weighted by molar-refractivity contribution is 5.69. The summed E-state index contributed by atoms with van der Waals surface area (Å²) in [7, 11) is 2.12. The van der Waals surface area contributed by atoms with Crippen LogP contribution in [0.2, 0.25) is 0 Å². The van der Waals surface area contributed by atoms with Gasteiger partial charge >= 0.3 is 0 Å². The maximum Gasteiger partial charge on any atom is 0.0429 e. The third-order valence-electron chi connectivity index (χ3n) is 3.84. The van der Waals surface area contributed by atoms with Crippen LogP contribution in [0.4, 0.5) is 17.1 Å². The monoisotopic (exact) mass is 252 g/mol. The molecule has 0 spiro atoms. The van der Waals surface area contributed by atoms with Gasteiger partial charge in [-0.1, -0.05) is 23.8 Å². The summed E-state index contributed by atoms with van der Waals surface area (Å²) >= 11 is 0. The van der Waals surface area contributed by atoms with Crippen LogP contribution in [0.1, 0.15) is 17.5 Å². The van der Waals surface area contributed by atoms with Crippen molar-refractivity contribution < 1.29 is 0 Å². The second-order valence-corrected chi connectivity index (χ2v) is 5.27. The molecule has 2 nitrogen and oxygen atoms in total. The number of fused-ring (bicyclic) bond motifs is 1. The molecule has 1 N–H and O–H groups in total. The standard InChI is InChI=1S/C17H20N2/c1-13-5-8-15(9-6-13)19(2)16-10-7-14-4-3-11-18-17(14)12-16/h5-10,12,18H,3-4,11H2,1-2H3. The van der Waals surface area contributed by atoms with E-state index in [2.05, 4.69) is 66.7 Å². The smallest absolute Gasteiger partial charge is 0.0429 e. The third-order valence-corrected chi connectivity index (χ3v) is 3.84. The van der Waals surface area contributed by atoms with Gasteiger partial charge < -0.3 is 10.2 Å². The molecule has 0 bridgehead atoms. The molecule has 19 heavy (non-hydrogen) atoms. The highest BCUT2D eigenvalue weighted by atomic mass is 15.1. The minimum absolute atomic E-state index is 1.09. The van der Waals surface area contributed by atoms with Crippen LogP contribution < -0.4 is 10.2 Å². The van der Waals surface area contributed by atoms with Crippen molar-refractivity contribution in [1.82, 2.24) is 0 Å². The molecule has 0 unspecified atom stereocenters. The van der Waals surface area contributed by atoms with Crippen molar-refractivity contribution in [3.8, 4) is 0 Å². The molecule has 2 heteroatoms. The second kappa shape index (κ2) is 4.96. The van der Waals surface area contributed by atoms with Gasteiger partial charge in [0.1, 0.15) is 0 Å². The lowest BCUT2D eigenvalue weighted by Crippen LogP contribution is -2.14. The average Bonchev–Trinajstić information content (AvgIpc) is 2.47. The van der Waals surface area contributed by atoms with Crippen LogP contribution in [0.5, 0.6) is 0 Å². The first kappa shape index (κ1) is 12.1. The molecule has 0 saturated carbocycles. The Bertz CT molecular complexity index is 572. The maximum absolute atomic E-state index is 3.49. The topological polar surface area (TPSA) is 15.3 Å². The third kappa shape index (κ3) is 2.43. The van der Waals surface area contributed by atoms with Crippen molar-refractivity contribution in [1.29, 1.82) is 0 Å². The fourth-order valence-electron chi connectivity index (χ4n) is 2.57. The van der Waals surface area contributed by atoms with E-state index in [1.165, 1.54) is 41.0 Å². The SMILES string of the molecule is Cc1ccc(N(C)c2ccc3c(c2)NCCC3)cc1. The summed E-state index contributed by atoms with van der Waals surface area (Å²) in [5.41, 5.74) is 6.48. The molecular weight excluding hydrogens is 232 g/mol. The van der Waals surface area contributed by atoms with Crippen LogP contribution in [0.3, 0.4) is 0 Å². The number of anilines is 3. The van der Waals surface area contributed by atoms with E-state index in [9.17, 15) is 0 Å². The number of rotatable bonds is 2. The molecule has 2 aromatic carbocycles. The summed E-state index contributed by atoms with van der Waals surface area (Å²) < 4.78 is 0. The van der Waals surface area contributed by atoms with Gasteiger partial charge in [0.15, 0.2) is 0 Å². The molecule has 1 aliphatic heterocycles. The largest absolute Gasteiger partial charge is 0.385 e. The predicted molar refractivity (Wildman–Crippen MR) is 82.5 cm³/mol. The fraction of sp³-hybridized carbons (Fsp3) is 0.294. The summed E-state index contributed by atoms with van der Waals surface area (Å²) in [5, 5.41) is 3.49. The molecular formula is C17H20N2. The highest BCUT2D eigenvalue weighted by Crippen LogP contribution is 2.30. The Morgan fingerprint density at radius 2 is 1.74 bits per heavy atom.